The maximum absolute atomic E-state index is 12.1. The summed E-state index contributed by atoms with van der Waals surface area (Å²) in [6.07, 6.45) is 0. The molecule has 0 saturated heterocycles. The van der Waals surface area contributed by atoms with Crippen molar-refractivity contribution >= 4 is 33.4 Å². The summed E-state index contributed by atoms with van der Waals surface area (Å²) < 4.78 is 5.85. The molecule has 2 unspecified atom stereocenters. The van der Waals surface area contributed by atoms with Crippen molar-refractivity contribution in [2.75, 3.05) is 13.0 Å². The number of methoxy groups -OCH3 is 1. The fourth-order valence-corrected chi connectivity index (χ4v) is 2.06. The van der Waals surface area contributed by atoms with E-state index in [1.807, 2.05) is 13.8 Å². The van der Waals surface area contributed by atoms with Crippen LogP contribution in [0.4, 0.5) is 0 Å². The summed E-state index contributed by atoms with van der Waals surface area (Å²) in [6, 6.07) is 5.32. The van der Waals surface area contributed by atoms with Crippen LogP contribution in [0.1, 0.15) is 24.2 Å². The zero-order valence-electron chi connectivity index (χ0n) is 10.7. The molecule has 3 nitrogen and oxygen atoms in total. The number of benzene rings is 1. The molecule has 100 valence electrons. The Morgan fingerprint density at radius 1 is 1.50 bits per heavy atom. The minimum Gasteiger partial charge on any atom is -0.497 e. The summed E-state index contributed by atoms with van der Waals surface area (Å²) in [4.78, 5) is 12.1. The van der Waals surface area contributed by atoms with Gasteiger partial charge in [-0.1, -0.05) is 6.92 Å². The summed E-state index contributed by atoms with van der Waals surface area (Å²) in [6.45, 7) is 3.94. The van der Waals surface area contributed by atoms with Crippen molar-refractivity contribution in [3.8, 4) is 5.75 Å². The maximum atomic E-state index is 12.1. The SMILES string of the molecule is COc1ccc(Br)c(C(=O)NC(C)C(C)CCl)c1. The predicted molar refractivity (Wildman–Crippen MR) is 77.5 cm³/mol. The summed E-state index contributed by atoms with van der Waals surface area (Å²) in [5.41, 5.74) is 0.558. The van der Waals surface area contributed by atoms with E-state index in [1.54, 1.807) is 25.3 Å². The Labute approximate surface area is 121 Å². The largest absolute Gasteiger partial charge is 0.497 e. The van der Waals surface area contributed by atoms with Crippen LogP contribution in [0.25, 0.3) is 0 Å². The van der Waals surface area contributed by atoms with Gasteiger partial charge in [-0.25, -0.2) is 0 Å². The van der Waals surface area contributed by atoms with Crippen molar-refractivity contribution in [3.05, 3.63) is 28.2 Å². The molecule has 0 bridgehead atoms. The molecule has 0 aliphatic heterocycles. The van der Waals surface area contributed by atoms with Gasteiger partial charge in [-0.3, -0.25) is 4.79 Å². The van der Waals surface area contributed by atoms with E-state index in [0.717, 1.165) is 4.47 Å². The Morgan fingerprint density at radius 3 is 2.72 bits per heavy atom. The molecule has 5 heteroatoms. The van der Waals surface area contributed by atoms with Gasteiger partial charge in [-0.15, -0.1) is 11.6 Å². The minimum absolute atomic E-state index is 0.0214. The normalized spacial score (nSPS) is 13.8. The van der Waals surface area contributed by atoms with Crippen molar-refractivity contribution in [1.82, 2.24) is 5.32 Å². The van der Waals surface area contributed by atoms with E-state index in [1.165, 1.54) is 0 Å². The Balaban J connectivity index is 2.83. The lowest BCUT2D eigenvalue weighted by molar-refractivity contribution is 0.0930. The van der Waals surface area contributed by atoms with Crippen LogP contribution < -0.4 is 10.1 Å². The molecule has 2 atom stereocenters. The van der Waals surface area contributed by atoms with Crippen LogP contribution in [0.5, 0.6) is 5.75 Å². The number of hydrogen-bond donors (Lipinski definition) is 1. The lowest BCUT2D eigenvalue weighted by Gasteiger charge is -2.19. The average Bonchev–Trinajstić information content (AvgIpc) is 2.38. The van der Waals surface area contributed by atoms with Gasteiger partial charge in [0.05, 0.1) is 12.7 Å². The number of halogens is 2. The van der Waals surface area contributed by atoms with Crippen LogP contribution in [0.2, 0.25) is 0 Å². The zero-order valence-corrected chi connectivity index (χ0v) is 13.0. The van der Waals surface area contributed by atoms with Crippen LogP contribution in [-0.2, 0) is 0 Å². The summed E-state index contributed by atoms with van der Waals surface area (Å²) in [5.74, 6) is 1.26. The van der Waals surface area contributed by atoms with Gasteiger partial charge in [-0.05, 0) is 47.0 Å². The lowest BCUT2D eigenvalue weighted by Crippen LogP contribution is -2.37. The Morgan fingerprint density at radius 2 is 2.17 bits per heavy atom. The van der Waals surface area contributed by atoms with Gasteiger partial charge in [0.1, 0.15) is 5.75 Å². The highest BCUT2D eigenvalue weighted by Crippen LogP contribution is 2.22. The molecule has 1 aromatic carbocycles. The summed E-state index contributed by atoms with van der Waals surface area (Å²) >= 11 is 9.14. The Hall–Kier alpha value is -0.740. The monoisotopic (exact) mass is 333 g/mol. The molecule has 1 rings (SSSR count). The van der Waals surface area contributed by atoms with E-state index in [9.17, 15) is 4.79 Å². The second kappa shape index (κ2) is 7.00. The first kappa shape index (κ1) is 15.3. The highest BCUT2D eigenvalue weighted by Gasteiger charge is 2.17. The molecule has 0 fully saturated rings. The maximum Gasteiger partial charge on any atom is 0.252 e. The number of ether oxygens (including phenoxy) is 1. The van der Waals surface area contributed by atoms with E-state index in [2.05, 4.69) is 21.2 Å². The van der Waals surface area contributed by atoms with Crippen LogP contribution in [0.15, 0.2) is 22.7 Å². The molecule has 1 N–H and O–H groups in total. The molecular formula is C13H17BrClNO2. The van der Waals surface area contributed by atoms with E-state index in [-0.39, 0.29) is 17.9 Å². The van der Waals surface area contributed by atoms with Crippen LogP contribution in [0.3, 0.4) is 0 Å². The van der Waals surface area contributed by atoms with E-state index in [0.29, 0.717) is 17.2 Å². The predicted octanol–water partition coefficient (Wildman–Crippen LogP) is 3.45. The second-order valence-electron chi connectivity index (χ2n) is 4.24. The fraction of sp³-hybridized carbons (Fsp3) is 0.462. The van der Waals surface area contributed by atoms with Crippen LogP contribution in [0, 0.1) is 5.92 Å². The van der Waals surface area contributed by atoms with Crippen LogP contribution in [-0.4, -0.2) is 24.9 Å². The highest BCUT2D eigenvalue weighted by atomic mass is 79.9. The molecule has 0 aromatic heterocycles. The van der Waals surface area contributed by atoms with Crippen molar-refractivity contribution in [3.63, 3.8) is 0 Å². The number of nitrogens with one attached hydrogen (secondary N) is 1. The first-order valence-corrected chi connectivity index (χ1v) is 7.02. The average molecular weight is 335 g/mol. The van der Waals surface area contributed by atoms with Gasteiger partial charge in [0.25, 0.3) is 5.91 Å². The van der Waals surface area contributed by atoms with Gasteiger partial charge < -0.3 is 10.1 Å². The standard InChI is InChI=1S/C13H17BrClNO2/c1-8(7-15)9(2)16-13(17)11-6-10(18-3)4-5-12(11)14/h4-6,8-9H,7H2,1-3H3,(H,16,17). The third kappa shape index (κ3) is 3.89. The Bertz CT molecular complexity index is 425. The Kier molecular flexibility index (Phi) is 5.96. The lowest BCUT2D eigenvalue weighted by atomic mass is 10.1. The first-order valence-electron chi connectivity index (χ1n) is 5.70. The number of amides is 1. The third-order valence-electron chi connectivity index (χ3n) is 2.87. The zero-order chi connectivity index (χ0) is 13.7. The first-order chi connectivity index (χ1) is 8.49. The van der Waals surface area contributed by atoms with E-state index in [4.69, 9.17) is 16.3 Å². The van der Waals surface area contributed by atoms with E-state index < -0.39 is 0 Å². The molecule has 18 heavy (non-hydrogen) atoms. The van der Waals surface area contributed by atoms with Crippen molar-refractivity contribution in [1.29, 1.82) is 0 Å². The van der Waals surface area contributed by atoms with Gasteiger partial charge in [-0.2, -0.15) is 0 Å². The molecule has 0 aliphatic rings. The van der Waals surface area contributed by atoms with Crippen molar-refractivity contribution < 1.29 is 9.53 Å². The highest BCUT2D eigenvalue weighted by molar-refractivity contribution is 9.10. The molecule has 0 saturated carbocycles. The topological polar surface area (TPSA) is 38.3 Å². The molecule has 0 spiro atoms. The van der Waals surface area contributed by atoms with Gasteiger partial charge in [0.2, 0.25) is 0 Å². The van der Waals surface area contributed by atoms with Gasteiger partial charge in [0.15, 0.2) is 0 Å². The molecular weight excluding hydrogens is 318 g/mol. The minimum atomic E-state index is -0.134. The molecule has 0 aliphatic carbocycles. The van der Waals surface area contributed by atoms with Crippen molar-refractivity contribution in [2.24, 2.45) is 5.92 Å². The van der Waals surface area contributed by atoms with E-state index >= 15 is 0 Å². The van der Waals surface area contributed by atoms with Gasteiger partial charge >= 0.3 is 0 Å². The van der Waals surface area contributed by atoms with Crippen LogP contribution >= 0.6 is 27.5 Å². The number of carbonyl (C=O) groups is 1. The van der Waals surface area contributed by atoms with Crippen molar-refractivity contribution in [2.45, 2.75) is 19.9 Å². The fourth-order valence-electron chi connectivity index (χ4n) is 1.37. The number of carbonyl (C=O) groups excluding carboxylic acids is 1. The third-order valence-corrected chi connectivity index (χ3v) is 4.05. The second-order valence-corrected chi connectivity index (χ2v) is 5.40. The molecule has 0 radical (unpaired) electrons. The number of hydrogen-bond acceptors (Lipinski definition) is 2. The van der Waals surface area contributed by atoms with Gasteiger partial charge in [0, 0.05) is 16.4 Å². The molecule has 1 aromatic rings. The number of rotatable bonds is 5. The summed E-state index contributed by atoms with van der Waals surface area (Å²) in [5, 5.41) is 2.93. The number of alkyl halides is 1. The molecule has 0 heterocycles. The molecule has 1 amide bonds. The smallest absolute Gasteiger partial charge is 0.252 e. The summed E-state index contributed by atoms with van der Waals surface area (Å²) in [7, 11) is 1.57. The quantitative estimate of drug-likeness (QED) is 0.838.